The fourth-order valence-electron chi connectivity index (χ4n) is 5.10. The van der Waals surface area contributed by atoms with E-state index in [0.717, 1.165) is 35.6 Å². The molecule has 1 fully saturated rings. The van der Waals surface area contributed by atoms with Gasteiger partial charge in [-0.15, -0.1) is 11.3 Å². The van der Waals surface area contributed by atoms with Gasteiger partial charge in [0.05, 0.1) is 28.8 Å². The van der Waals surface area contributed by atoms with Crippen molar-refractivity contribution in [2.75, 3.05) is 25.0 Å². The second-order valence-electron chi connectivity index (χ2n) is 9.19. The van der Waals surface area contributed by atoms with Gasteiger partial charge < -0.3 is 9.80 Å². The molecule has 1 aromatic heterocycles. The van der Waals surface area contributed by atoms with Crippen LogP contribution in [0.5, 0.6) is 0 Å². The molecule has 3 aromatic rings. The first kappa shape index (κ1) is 23.2. The van der Waals surface area contributed by atoms with Crippen LogP contribution in [0.25, 0.3) is 0 Å². The van der Waals surface area contributed by atoms with Gasteiger partial charge in [-0.25, -0.2) is 4.98 Å². The molecule has 2 atom stereocenters. The van der Waals surface area contributed by atoms with Crippen molar-refractivity contribution < 1.29 is 14.4 Å². The number of anilines is 1. The van der Waals surface area contributed by atoms with Crippen LogP contribution in [-0.2, 0) is 11.3 Å². The molecule has 0 bridgehead atoms. The van der Waals surface area contributed by atoms with E-state index in [1.807, 2.05) is 61.8 Å². The highest BCUT2D eigenvalue weighted by Crippen LogP contribution is 2.38. The minimum atomic E-state index is -0.433. The van der Waals surface area contributed by atoms with E-state index in [4.69, 9.17) is 0 Å². The third kappa shape index (κ3) is 4.34. The van der Waals surface area contributed by atoms with Gasteiger partial charge in [0.2, 0.25) is 5.91 Å². The van der Waals surface area contributed by atoms with Crippen LogP contribution in [0.1, 0.15) is 57.1 Å². The molecule has 0 radical (unpaired) electrons. The minimum absolute atomic E-state index is 0.104. The monoisotopic (exact) mass is 488 g/mol. The number of carbonyl (C=O) groups is 3. The van der Waals surface area contributed by atoms with Crippen LogP contribution in [0.4, 0.5) is 5.69 Å². The molecule has 0 unspecified atom stereocenters. The Bertz CT molecular complexity index is 1240. The van der Waals surface area contributed by atoms with E-state index in [1.54, 1.807) is 17.2 Å². The normalized spacial score (nSPS) is 18.5. The molecule has 0 N–H and O–H groups in total. The van der Waals surface area contributed by atoms with Crippen LogP contribution in [0.2, 0.25) is 0 Å². The fourth-order valence-corrected chi connectivity index (χ4v) is 5.78. The highest BCUT2D eigenvalue weighted by molar-refractivity contribution is 7.09. The van der Waals surface area contributed by atoms with Gasteiger partial charge >= 0.3 is 0 Å². The lowest BCUT2D eigenvalue weighted by molar-refractivity contribution is -0.135. The molecule has 0 saturated carbocycles. The van der Waals surface area contributed by atoms with Crippen LogP contribution < -0.4 is 4.90 Å². The summed E-state index contributed by atoms with van der Waals surface area (Å²) < 4.78 is 0. The molecule has 35 heavy (non-hydrogen) atoms. The van der Waals surface area contributed by atoms with E-state index >= 15 is 0 Å². The minimum Gasteiger partial charge on any atom is -0.370 e. The van der Waals surface area contributed by atoms with E-state index in [-0.39, 0.29) is 23.6 Å². The number of hydrogen-bond donors (Lipinski definition) is 0. The molecule has 5 rings (SSSR count). The number of piperidine rings is 1. The molecule has 0 spiro atoms. The molecule has 2 aromatic carbocycles. The summed E-state index contributed by atoms with van der Waals surface area (Å²) in [5.41, 5.74) is 2.69. The predicted molar refractivity (Wildman–Crippen MR) is 135 cm³/mol. The average Bonchev–Trinajstić information content (AvgIpc) is 3.51. The second kappa shape index (κ2) is 9.62. The Morgan fingerprint density at radius 1 is 1.14 bits per heavy atom. The maximum absolute atomic E-state index is 13.5. The van der Waals surface area contributed by atoms with Crippen LogP contribution >= 0.6 is 11.3 Å². The number of rotatable bonds is 6. The zero-order valence-corrected chi connectivity index (χ0v) is 20.7. The van der Waals surface area contributed by atoms with Crippen molar-refractivity contribution in [1.82, 2.24) is 14.8 Å². The largest absolute Gasteiger partial charge is 0.370 e. The Kier molecular flexibility index (Phi) is 6.38. The van der Waals surface area contributed by atoms with Crippen LogP contribution in [0.3, 0.4) is 0 Å². The van der Waals surface area contributed by atoms with Crippen LogP contribution in [0.15, 0.2) is 60.1 Å². The summed E-state index contributed by atoms with van der Waals surface area (Å²) >= 11 is 1.43. The molecule has 3 heterocycles. The highest BCUT2D eigenvalue weighted by atomic mass is 32.1. The van der Waals surface area contributed by atoms with Gasteiger partial charge in [0.15, 0.2) is 0 Å². The summed E-state index contributed by atoms with van der Waals surface area (Å²) in [6.45, 7) is 3.66. The maximum Gasteiger partial charge on any atom is 0.264 e. The molecule has 2 aliphatic rings. The van der Waals surface area contributed by atoms with E-state index in [9.17, 15) is 14.4 Å². The van der Waals surface area contributed by atoms with Gasteiger partial charge in [-0.05, 0) is 37.5 Å². The van der Waals surface area contributed by atoms with E-state index in [1.165, 1.54) is 16.2 Å². The summed E-state index contributed by atoms with van der Waals surface area (Å²) in [6, 6.07) is 15.0. The summed E-state index contributed by atoms with van der Waals surface area (Å²) in [6.07, 6.45) is 3.34. The topological polar surface area (TPSA) is 73.8 Å². The Balaban J connectivity index is 1.36. The standard InChI is InChI=1S/C27H28N4O3S/c1-18(24-28-13-15-35-24)31-26(33)21-11-6-12-22(23(21)27(31)34)30-14-7-10-20(17-30)25(32)29(2)16-19-8-4-3-5-9-19/h3-6,8-9,11-13,15,18,20H,7,10,14,16-17H2,1-2H3/t18-,20+/m0/s1. The fraction of sp³-hybridized carbons (Fsp3) is 0.333. The summed E-state index contributed by atoms with van der Waals surface area (Å²) in [7, 11) is 1.84. The second-order valence-corrected chi connectivity index (χ2v) is 10.1. The molecule has 8 heteroatoms. The van der Waals surface area contributed by atoms with Crippen molar-refractivity contribution in [3.63, 3.8) is 0 Å². The number of thiazole rings is 1. The Morgan fingerprint density at radius 3 is 2.69 bits per heavy atom. The lowest BCUT2D eigenvalue weighted by atomic mass is 9.94. The smallest absolute Gasteiger partial charge is 0.264 e. The SMILES string of the molecule is C[C@@H](c1nccs1)N1C(=O)c2cccc(N3CCC[C@@H](C(=O)N(C)Cc4ccccc4)C3)c2C1=O. The maximum atomic E-state index is 13.5. The summed E-state index contributed by atoms with van der Waals surface area (Å²) in [4.78, 5) is 49.5. The number of benzene rings is 2. The van der Waals surface area contributed by atoms with Crippen molar-refractivity contribution >= 4 is 34.7 Å². The van der Waals surface area contributed by atoms with Gasteiger partial charge in [-0.3, -0.25) is 19.3 Å². The Hall–Kier alpha value is -3.52. The van der Waals surface area contributed by atoms with Crippen molar-refractivity contribution in [3.05, 3.63) is 81.8 Å². The van der Waals surface area contributed by atoms with E-state index < -0.39 is 6.04 Å². The lowest BCUT2D eigenvalue weighted by Crippen LogP contribution is -2.44. The molecule has 1 saturated heterocycles. The number of imide groups is 1. The average molecular weight is 489 g/mol. The van der Waals surface area contributed by atoms with Crippen molar-refractivity contribution in [2.45, 2.75) is 32.4 Å². The molecule has 180 valence electrons. The predicted octanol–water partition coefficient (Wildman–Crippen LogP) is 4.38. The number of carbonyl (C=O) groups excluding carboxylic acids is 3. The zero-order valence-electron chi connectivity index (χ0n) is 19.9. The molecule has 7 nitrogen and oxygen atoms in total. The number of aromatic nitrogens is 1. The molecular formula is C27H28N4O3S. The number of fused-ring (bicyclic) bond motifs is 1. The molecule has 0 aliphatic carbocycles. The molecular weight excluding hydrogens is 460 g/mol. The molecule has 3 amide bonds. The van der Waals surface area contributed by atoms with Gasteiger partial charge in [0, 0.05) is 38.3 Å². The number of hydrogen-bond acceptors (Lipinski definition) is 6. The van der Waals surface area contributed by atoms with Gasteiger partial charge in [-0.2, -0.15) is 0 Å². The van der Waals surface area contributed by atoms with Crippen LogP contribution in [-0.4, -0.2) is 52.6 Å². The van der Waals surface area contributed by atoms with Crippen molar-refractivity contribution in [2.24, 2.45) is 5.92 Å². The quantitative estimate of drug-likeness (QED) is 0.482. The first-order valence-electron chi connectivity index (χ1n) is 11.9. The Morgan fingerprint density at radius 2 is 1.94 bits per heavy atom. The summed E-state index contributed by atoms with van der Waals surface area (Å²) in [5, 5.41) is 2.57. The van der Waals surface area contributed by atoms with Crippen molar-refractivity contribution in [1.29, 1.82) is 0 Å². The molecule has 2 aliphatic heterocycles. The first-order chi connectivity index (χ1) is 17.0. The van der Waals surface area contributed by atoms with E-state index in [0.29, 0.717) is 24.2 Å². The third-order valence-electron chi connectivity index (χ3n) is 6.87. The van der Waals surface area contributed by atoms with Crippen molar-refractivity contribution in [3.8, 4) is 0 Å². The highest BCUT2D eigenvalue weighted by Gasteiger charge is 2.42. The van der Waals surface area contributed by atoms with Gasteiger partial charge in [0.25, 0.3) is 11.8 Å². The third-order valence-corrected chi connectivity index (χ3v) is 7.82. The van der Waals surface area contributed by atoms with E-state index in [2.05, 4.69) is 9.88 Å². The van der Waals surface area contributed by atoms with Gasteiger partial charge in [-0.1, -0.05) is 36.4 Å². The number of amides is 3. The van der Waals surface area contributed by atoms with Crippen LogP contribution in [0, 0.1) is 5.92 Å². The Labute approximate surface area is 209 Å². The lowest BCUT2D eigenvalue weighted by Gasteiger charge is -2.36. The summed E-state index contributed by atoms with van der Waals surface area (Å²) in [5.74, 6) is -0.641. The van der Waals surface area contributed by atoms with Gasteiger partial charge in [0.1, 0.15) is 5.01 Å². The zero-order chi connectivity index (χ0) is 24.5. The first-order valence-corrected chi connectivity index (χ1v) is 12.8. The number of nitrogens with zero attached hydrogens (tertiary/aromatic N) is 4.